The maximum Gasteiger partial charge on any atom is 0.573 e. The highest BCUT2D eigenvalue weighted by Crippen LogP contribution is 2.35. The molecule has 0 radical (unpaired) electrons. The van der Waals surface area contributed by atoms with Gasteiger partial charge in [0.2, 0.25) is 5.91 Å². The molecule has 9 heteroatoms. The molecule has 2 aliphatic rings. The van der Waals surface area contributed by atoms with Gasteiger partial charge >= 0.3 is 6.36 Å². The van der Waals surface area contributed by atoms with Crippen molar-refractivity contribution in [2.75, 3.05) is 22.9 Å². The second kappa shape index (κ2) is 8.13. The van der Waals surface area contributed by atoms with Crippen LogP contribution in [0, 0.1) is 0 Å². The lowest BCUT2D eigenvalue weighted by atomic mass is 10.0. The van der Waals surface area contributed by atoms with Crippen molar-refractivity contribution < 1.29 is 32.2 Å². The monoisotopic (exact) mass is 434 g/mol. The summed E-state index contributed by atoms with van der Waals surface area (Å²) in [7, 11) is 0. The van der Waals surface area contributed by atoms with Gasteiger partial charge in [0.1, 0.15) is 11.5 Å². The Morgan fingerprint density at radius 2 is 1.97 bits per heavy atom. The zero-order valence-corrected chi connectivity index (χ0v) is 16.8. The van der Waals surface area contributed by atoms with E-state index in [2.05, 4.69) is 4.74 Å². The Balaban J connectivity index is 1.49. The molecule has 1 atom stereocenters. The molecule has 0 N–H and O–H groups in total. The molecule has 0 saturated heterocycles. The number of carbonyl (C=O) groups excluding carboxylic acids is 2. The van der Waals surface area contributed by atoms with Crippen molar-refractivity contribution in [1.29, 1.82) is 0 Å². The molecule has 31 heavy (non-hydrogen) atoms. The predicted octanol–water partition coefficient (Wildman–Crippen LogP) is 4.07. The smallest absolute Gasteiger partial charge is 0.479 e. The van der Waals surface area contributed by atoms with Gasteiger partial charge in [0, 0.05) is 25.2 Å². The van der Waals surface area contributed by atoms with E-state index in [0.29, 0.717) is 42.1 Å². The van der Waals surface area contributed by atoms with E-state index in [0.717, 1.165) is 0 Å². The molecule has 6 nitrogen and oxygen atoms in total. The van der Waals surface area contributed by atoms with Crippen molar-refractivity contribution in [1.82, 2.24) is 0 Å². The minimum Gasteiger partial charge on any atom is -0.479 e. The topological polar surface area (TPSA) is 59.1 Å². The summed E-state index contributed by atoms with van der Waals surface area (Å²) in [5.41, 5.74) is 1.82. The van der Waals surface area contributed by atoms with Gasteiger partial charge in [-0.1, -0.05) is 12.1 Å². The molecule has 2 amide bonds. The molecule has 4 rings (SSSR count). The summed E-state index contributed by atoms with van der Waals surface area (Å²) >= 11 is 0. The Kier molecular flexibility index (Phi) is 5.51. The summed E-state index contributed by atoms with van der Waals surface area (Å²) in [4.78, 5) is 28.7. The van der Waals surface area contributed by atoms with Gasteiger partial charge in [0.05, 0.1) is 5.69 Å². The molecule has 0 bridgehead atoms. The first-order valence-corrected chi connectivity index (χ1v) is 9.99. The van der Waals surface area contributed by atoms with E-state index in [1.165, 1.54) is 18.2 Å². The van der Waals surface area contributed by atoms with Gasteiger partial charge in [-0.15, -0.1) is 13.2 Å². The standard InChI is InChI=1S/C22H21F3N2O4/c1-14-21(29)27(18-6-2-3-7-19(18)30-14)12-10-20(28)26-11-4-5-15-13-16(8-9-17(15)26)31-22(23,24)25/h2-3,6-9,13-14H,4-5,10-12H2,1H3. The Morgan fingerprint density at radius 3 is 2.74 bits per heavy atom. The van der Waals surface area contributed by atoms with Crippen LogP contribution in [0.25, 0.3) is 0 Å². The fourth-order valence-corrected chi connectivity index (χ4v) is 3.96. The van der Waals surface area contributed by atoms with Crippen LogP contribution in [-0.4, -0.2) is 37.4 Å². The van der Waals surface area contributed by atoms with Crippen molar-refractivity contribution in [2.45, 2.75) is 38.7 Å². The van der Waals surface area contributed by atoms with Crippen molar-refractivity contribution in [3.05, 3.63) is 48.0 Å². The second-order valence-electron chi connectivity index (χ2n) is 7.45. The van der Waals surface area contributed by atoms with Crippen LogP contribution in [0.1, 0.15) is 25.3 Å². The third-order valence-corrected chi connectivity index (χ3v) is 5.33. The fraction of sp³-hybridized carbons (Fsp3) is 0.364. The average molecular weight is 434 g/mol. The molecule has 2 aromatic rings. The highest BCUT2D eigenvalue weighted by atomic mass is 19.4. The quantitative estimate of drug-likeness (QED) is 0.728. The molecule has 0 fully saturated rings. The Hall–Kier alpha value is -3.23. The Bertz CT molecular complexity index is 1010. The van der Waals surface area contributed by atoms with Crippen LogP contribution in [0.5, 0.6) is 11.5 Å². The number of carbonyl (C=O) groups is 2. The first kappa shape index (κ1) is 21.0. The molecular formula is C22H21F3N2O4. The third-order valence-electron chi connectivity index (χ3n) is 5.33. The van der Waals surface area contributed by atoms with E-state index in [1.807, 2.05) is 6.07 Å². The molecule has 0 aliphatic carbocycles. The SMILES string of the molecule is CC1Oc2ccccc2N(CCC(=O)N2CCCc3cc(OC(F)(F)F)ccc32)C1=O. The summed E-state index contributed by atoms with van der Waals surface area (Å²) in [5, 5.41) is 0. The lowest BCUT2D eigenvalue weighted by Gasteiger charge is -2.34. The number of nitrogens with zero attached hydrogens (tertiary/aromatic N) is 2. The van der Waals surface area contributed by atoms with Gasteiger partial charge in [-0.05, 0) is 55.7 Å². The second-order valence-corrected chi connectivity index (χ2v) is 7.45. The van der Waals surface area contributed by atoms with Gasteiger partial charge in [-0.3, -0.25) is 9.59 Å². The van der Waals surface area contributed by atoms with Crippen LogP contribution in [-0.2, 0) is 16.0 Å². The summed E-state index contributed by atoms with van der Waals surface area (Å²) in [6.07, 6.45) is -4.15. The molecule has 0 spiro atoms. The molecular weight excluding hydrogens is 413 g/mol. The lowest BCUT2D eigenvalue weighted by molar-refractivity contribution is -0.274. The van der Waals surface area contributed by atoms with Crippen molar-refractivity contribution in [3.63, 3.8) is 0 Å². The fourth-order valence-electron chi connectivity index (χ4n) is 3.96. The van der Waals surface area contributed by atoms with E-state index in [9.17, 15) is 22.8 Å². The molecule has 1 unspecified atom stereocenters. The molecule has 2 aliphatic heterocycles. The number of para-hydroxylation sites is 2. The van der Waals surface area contributed by atoms with Crippen LogP contribution in [0.15, 0.2) is 42.5 Å². The van der Waals surface area contributed by atoms with Crippen molar-refractivity contribution in [3.8, 4) is 11.5 Å². The number of rotatable bonds is 4. The summed E-state index contributed by atoms with van der Waals surface area (Å²) in [5.74, 6) is -0.137. The predicted molar refractivity (Wildman–Crippen MR) is 107 cm³/mol. The third kappa shape index (κ3) is 4.45. The van der Waals surface area contributed by atoms with Gasteiger partial charge in [0.25, 0.3) is 5.91 Å². The number of aryl methyl sites for hydroxylation is 1. The highest BCUT2D eigenvalue weighted by Gasteiger charge is 2.33. The summed E-state index contributed by atoms with van der Waals surface area (Å²) in [6, 6.07) is 11.2. The van der Waals surface area contributed by atoms with Crippen LogP contribution in [0.4, 0.5) is 24.5 Å². The number of halogens is 3. The number of ether oxygens (including phenoxy) is 2. The van der Waals surface area contributed by atoms with Gasteiger partial charge < -0.3 is 19.3 Å². The number of amides is 2. The molecule has 2 heterocycles. The van der Waals surface area contributed by atoms with Crippen molar-refractivity contribution in [2.24, 2.45) is 0 Å². The molecule has 0 aromatic heterocycles. The minimum absolute atomic E-state index is 0.0764. The first-order chi connectivity index (χ1) is 14.7. The normalized spacial score (nSPS) is 18.2. The number of anilines is 2. The van der Waals surface area contributed by atoms with Crippen LogP contribution in [0.2, 0.25) is 0 Å². The summed E-state index contributed by atoms with van der Waals surface area (Å²) in [6.45, 7) is 2.31. The summed E-state index contributed by atoms with van der Waals surface area (Å²) < 4.78 is 47.1. The maximum atomic E-state index is 13.0. The number of fused-ring (bicyclic) bond motifs is 2. The van der Waals surface area contributed by atoms with E-state index in [4.69, 9.17) is 4.74 Å². The van der Waals surface area contributed by atoms with E-state index >= 15 is 0 Å². The van der Waals surface area contributed by atoms with Crippen LogP contribution < -0.4 is 19.3 Å². The maximum absolute atomic E-state index is 13.0. The van der Waals surface area contributed by atoms with E-state index in [-0.39, 0.29) is 30.5 Å². The van der Waals surface area contributed by atoms with Gasteiger partial charge in [0.15, 0.2) is 6.10 Å². The van der Waals surface area contributed by atoms with Gasteiger partial charge in [-0.2, -0.15) is 0 Å². The number of hydrogen-bond acceptors (Lipinski definition) is 4. The zero-order chi connectivity index (χ0) is 22.2. The van der Waals surface area contributed by atoms with Crippen molar-refractivity contribution >= 4 is 23.2 Å². The van der Waals surface area contributed by atoms with Crippen LogP contribution in [0.3, 0.4) is 0 Å². The largest absolute Gasteiger partial charge is 0.573 e. The number of alkyl halides is 3. The highest BCUT2D eigenvalue weighted by molar-refractivity contribution is 6.01. The number of benzene rings is 2. The minimum atomic E-state index is -4.77. The molecule has 2 aromatic carbocycles. The Labute approximate surface area is 177 Å². The zero-order valence-electron chi connectivity index (χ0n) is 16.8. The molecule has 0 saturated carbocycles. The van der Waals surface area contributed by atoms with E-state index < -0.39 is 12.5 Å². The van der Waals surface area contributed by atoms with Crippen LogP contribution >= 0.6 is 0 Å². The first-order valence-electron chi connectivity index (χ1n) is 9.99. The molecule has 164 valence electrons. The average Bonchev–Trinajstić information content (AvgIpc) is 2.72. The number of hydrogen-bond donors (Lipinski definition) is 0. The Morgan fingerprint density at radius 1 is 1.19 bits per heavy atom. The van der Waals surface area contributed by atoms with Gasteiger partial charge in [-0.25, -0.2) is 0 Å². The lowest BCUT2D eigenvalue weighted by Crippen LogP contribution is -2.46. The van der Waals surface area contributed by atoms with E-state index in [1.54, 1.807) is 34.9 Å².